The van der Waals surface area contributed by atoms with Crippen LogP contribution in [0.15, 0.2) is 0 Å². The van der Waals surface area contributed by atoms with E-state index in [0.29, 0.717) is 13.1 Å². The summed E-state index contributed by atoms with van der Waals surface area (Å²) in [4.78, 5) is 23.6. The second kappa shape index (κ2) is 4.11. The second-order valence-electron chi connectivity index (χ2n) is 3.19. The summed E-state index contributed by atoms with van der Waals surface area (Å²) in [6.45, 7) is 2.81. The van der Waals surface area contributed by atoms with Crippen LogP contribution in [0.5, 0.6) is 0 Å². The van der Waals surface area contributed by atoms with Crippen LogP contribution in [0.4, 0.5) is 4.79 Å². The predicted molar refractivity (Wildman–Crippen MR) is 48.3 cm³/mol. The minimum atomic E-state index is -0.0761. The molecule has 2 N–H and O–H groups in total. The molecule has 0 aromatic carbocycles. The number of rotatable bonds is 1. The summed E-state index contributed by atoms with van der Waals surface area (Å²) in [6, 6.07) is 0.0441. The van der Waals surface area contributed by atoms with Gasteiger partial charge in [0.05, 0.1) is 0 Å². The van der Waals surface area contributed by atoms with Crippen molar-refractivity contribution in [1.82, 2.24) is 15.5 Å². The van der Waals surface area contributed by atoms with Gasteiger partial charge >= 0.3 is 6.03 Å². The summed E-state index contributed by atoms with van der Waals surface area (Å²) >= 11 is 0. The van der Waals surface area contributed by atoms with Gasteiger partial charge in [0.1, 0.15) is 0 Å². The molecular weight excluding hydrogens is 170 g/mol. The van der Waals surface area contributed by atoms with Gasteiger partial charge in [-0.15, -0.1) is 0 Å². The first-order chi connectivity index (χ1) is 6.13. The fourth-order valence-corrected chi connectivity index (χ4v) is 1.51. The molecule has 1 fully saturated rings. The van der Waals surface area contributed by atoms with Crippen molar-refractivity contribution in [3.63, 3.8) is 0 Å². The van der Waals surface area contributed by atoms with Gasteiger partial charge in [0.25, 0.3) is 0 Å². The molecule has 3 amide bonds. The normalized spacial score (nSPS) is 21.4. The SMILES string of the molecule is CNC(=O)N1CC[C@@H](NC(C)=O)C1. The average Bonchev–Trinajstić information content (AvgIpc) is 2.50. The number of carbonyl (C=O) groups is 2. The maximum Gasteiger partial charge on any atom is 0.317 e. The Morgan fingerprint density at radius 2 is 2.15 bits per heavy atom. The molecule has 13 heavy (non-hydrogen) atoms. The Hall–Kier alpha value is -1.26. The molecule has 1 aliphatic rings. The molecule has 0 spiro atoms. The highest BCUT2D eigenvalue weighted by molar-refractivity contribution is 5.75. The topological polar surface area (TPSA) is 61.4 Å². The molecule has 0 aromatic rings. The Balaban J connectivity index is 2.36. The van der Waals surface area contributed by atoms with E-state index in [1.165, 1.54) is 6.92 Å². The largest absolute Gasteiger partial charge is 0.352 e. The molecule has 5 heteroatoms. The van der Waals surface area contributed by atoms with Crippen LogP contribution in [0.25, 0.3) is 0 Å². The van der Waals surface area contributed by atoms with E-state index in [1.54, 1.807) is 11.9 Å². The number of urea groups is 1. The van der Waals surface area contributed by atoms with Gasteiger partial charge in [0.2, 0.25) is 5.91 Å². The van der Waals surface area contributed by atoms with Crippen LogP contribution in [0.3, 0.4) is 0 Å². The van der Waals surface area contributed by atoms with Crippen LogP contribution in [0.1, 0.15) is 13.3 Å². The third-order valence-corrected chi connectivity index (χ3v) is 2.10. The van der Waals surface area contributed by atoms with Gasteiger partial charge in [0.15, 0.2) is 0 Å². The van der Waals surface area contributed by atoms with E-state index in [4.69, 9.17) is 0 Å². The fraction of sp³-hybridized carbons (Fsp3) is 0.750. The highest BCUT2D eigenvalue weighted by atomic mass is 16.2. The van der Waals surface area contributed by atoms with Crippen molar-refractivity contribution >= 4 is 11.9 Å². The predicted octanol–water partition coefficient (Wildman–Crippen LogP) is -0.464. The number of nitrogens with zero attached hydrogens (tertiary/aromatic N) is 1. The Morgan fingerprint density at radius 3 is 2.69 bits per heavy atom. The fourth-order valence-electron chi connectivity index (χ4n) is 1.51. The van der Waals surface area contributed by atoms with Crippen molar-refractivity contribution in [3.05, 3.63) is 0 Å². The van der Waals surface area contributed by atoms with Crippen molar-refractivity contribution in [3.8, 4) is 0 Å². The third kappa shape index (κ3) is 2.61. The van der Waals surface area contributed by atoms with Crippen molar-refractivity contribution in [2.75, 3.05) is 20.1 Å². The van der Waals surface area contributed by atoms with Gasteiger partial charge in [-0.3, -0.25) is 4.79 Å². The summed E-state index contributed by atoms with van der Waals surface area (Å²) < 4.78 is 0. The van der Waals surface area contributed by atoms with Crippen molar-refractivity contribution in [1.29, 1.82) is 0 Å². The molecule has 1 atom stereocenters. The molecule has 0 bridgehead atoms. The zero-order valence-corrected chi connectivity index (χ0v) is 7.96. The lowest BCUT2D eigenvalue weighted by Gasteiger charge is -2.15. The molecule has 0 aliphatic carbocycles. The summed E-state index contributed by atoms with van der Waals surface area (Å²) in [7, 11) is 1.61. The number of carbonyl (C=O) groups excluding carboxylic acids is 2. The first-order valence-electron chi connectivity index (χ1n) is 4.37. The summed E-state index contributed by atoms with van der Waals surface area (Å²) in [5.74, 6) is -0.0382. The lowest BCUT2D eigenvalue weighted by molar-refractivity contribution is -0.119. The third-order valence-electron chi connectivity index (χ3n) is 2.10. The first kappa shape index (κ1) is 9.83. The first-order valence-corrected chi connectivity index (χ1v) is 4.37. The van der Waals surface area contributed by atoms with Crippen molar-refractivity contribution in [2.45, 2.75) is 19.4 Å². The van der Waals surface area contributed by atoms with E-state index in [1.807, 2.05) is 0 Å². The van der Waals surface area contributed by atoms with E-state index >= 15 is 0 Å². The molecule has 1 saturated heterocycles. The molecule has 0 aromatic heterocycles. The van der Waals surface area contributed by atoms with Crippen LogP contribution < -0.4 is 10.6 Å². The minimum Gasteiger partial charge on any atom is -0.352 e. The highest BCUT2D eigenvalue weighted by Crippen LogP contribution is 2.08. The van der Waals surface area contributed by atoms with E-state index < -0.39 is 0 Å². The van der Waals surface area contributed by atoms with Crippen molar-refractivity contribution in [2.24, 2.45) is 0 Å². The van der Waals surface area contributed by atoms with Gasteiger partial charge in [0, 0.05) is 33.1 Å². The quantitative estimate of drug-likeness (QED) is 0.580. The van der Waals surface area contributed by atoms with Gasteiger partial charge in [-0.2, -0.15) is 0 Å². The maximum atomic E-state index is 11.1. The van der Waals surface area contributed by atoms with E-state index in [2.05, 4.69) is 10.6 Å². The number of amides is 3. The molecule has 5 nitrogen and oxygen atoms in total. The number of nitrogens with one attached hydrogen (secondary N) is 2. The van der Waals surface area contributed by atoms with Gasteiger partial charge < -0.3 is 15.5 Å². The number of hydrogen-bond acceptors (Lipinski definition) is 2. The van der Waals surface area contributed by atoms with Crippen molar-refractivity contribution < 1.29 is 9.59 Å². The van der Waals surface area contributed by atoms with Gasteiger partial charge in [-0.25, -0.2) is 4.79 Å². The molecular formula is C8H15N3O2. The Bertz CT molecular complexity index is 217. The minimum absolute atomic E-state index is 0.0382. The Labute approximate surface area is 77.5 Å². The molecule has 1 aliphatic heterocycles. The Kier molecular flexibility index (Phi) is 3.11. The van der Waals surface area contributed by atoms with Crippen LogP contribution in [0.2, 0.25) is 0 Å². The summed E-state index contributed by atoms with van der Waals surface area (Å²) in [6.07, 6.45) is 0.840. The lowest BCUT2D eigenvalue weighted by atomic mass is 10.3. The van der Waals surface area contributed by atoms with E-state index in [-0.39, 0.29) is 18.0 Å². The Morgan fingerprint density at radius 1 is 1.46 bits per heavy atom. The van der Waals surface area contributed by atoms with Gasteiger partial charge in [-0.05, 0) is 6.42 Å². The number of hydrogen-bond donors (Lipinski definition) is 2. The van der Waals surface area contributed by atoms with E-state index in [0.717, 1.165) is 6.42 Å². The molecule has 1 heterocycles. The van der Waals surface area contributed by atoms with Crippen LogP contribution in [-0.2, 0) is 4.79 Å². The smallest absolute Gasteiger partial charge is 0.317 e. The lowest BCUT2D eigenvalue weighted by Crippen LogP contribution is -2.40. The maximum absolute atomic E-state index is 11.1. The standard InChI is InChI=1S/C8H15N3O2/c1-6(12)10-7-3-4-11(5-7)8(13)9-2/h7H,3-5H2,1-2H3,(H,9,13)(H,10,12)/t7-/m1/s1. The molecule has 74 valence electrons. The summed E-state index contributed by atoms with van der Waals surface area (Å²) in [5.41, 5.74) is 0. The van der Waals surface area contributed by atoms with Crippen LogP contribution >= 0.6 is 0 Å². The monoisotopic (exact) mass is 185 g/mol. The molecule has 1 rings (SSSR count). The van der Waals surface area contributed by atoms with E-state index in [9.17, 15) is 9.59 Å². The number of likely N-dealkylation sites (tertiary alicyclic amines) is 1. The highest BCUT2D eigenvalue weighted by Gasteiger charge is 2.25. The average molecular weight is 185 g/mol. The zero-order valence-electron chi connectivity index (χ0n) is 7.96. The second-order valence-corrected chi connectivity index (χ2v) is 3.19. The van der Waals surface area contributed by atoms with Crippen LogP contribution in [-0.4, -0.2) is 43.0 Å². The zero-order chi connectivity index (χ0) is 9.84. The molecule has 0 unspecified atom stereocenters. The van der Waals surface area contributed by atoms with Crippen LogP contribution in [0, 0.1) is 0 Å². The summed E-state index contributed by atoms with van der Waals surface area (Å²) in [5, 5.41) is 5.35. The van der Waals surface area contributed by atoms with Gasteiger partial charge in [-0.1, -0.05) is 0 Å². The molecule has 0 saturated carbocycles. The molecule has 0 radical (unpaired) electrons.